The van der Waals surface area contributed by atoms with Gasteiger partial charge in [-0.3, -0.25) is 4.79 Å². The summed E-state index contributed by atoms with van der Waals surface area (Å²) in [5.41, 5.74) is -1.02. The van der Waals surface area contributed by atoms with E-state index in [1.807, 2.05) is 0 Å². The maximum absolute atomic E-state index is 12.3. The van der Waals surface area contributed by atoms with E-state index >= 15 is 0 Å². The number of hydrogen-bond acceptors (Lipinski definition) is 3. The minimum absolute atomic E-state index is 0.0727. The molecule has 5 heteroatoms. The summed E-state index contributed by atoms with van der Waals surface area (Å²) in [6.07, 6.45) is 7.04. The Balaban J connectivity index is 1.93. The Hall–Kier alpha value is -1.10. The summed E-state index contributed by atoms with van der Waals surface area (Å²) in [5, 5.41) is 12.7. The molecule has 0 aromatic heterocycles. The first-order chi connectivity index (χ1) is 9.04. The van der Waals surface area contributed by atoms with Crippen LogP contribution < -0.4 is 5.32 Å². The largest absolute Gasteiger partial charge is 0.480 e. The lowest BCUT2D eigenvalue weighted by Gasteiger charge is -2.41. The van der Waals surface area contributed by atoms with Crippen molar-refractivity contribution >= 4 is 11.9 Å². The number of hydrogen-bond donors (Lipinski definition) is 2. The summed E-state index contributed by atoms with van der Waals surface area (Å²) in [7, 11) is 0. The van der Waals surface area contributed by atoms with Gasteiger partial charge < -0.3 is 15.3 Å². The van der Waals surface area contributed by atoms with Crippen molar-refractivity contribution in [2.24, 2.45) is 0 Å². The predicted molar refractivity (Wildman–Crippen MR) is 71.9 cm³/mol. The fourth-order valence-corrected chi connectivity index (χ4v) is 3.20. The first kappa shape index (κ1) is 14.3. The molecule has 1 heterocycles. The topological polar surface area (TPSA) is 69.6 Å². The average Bonchev–Trinajstić information content (AvgIpc) is 2.89. The molecule has 2 fully saturated rings. The number of rotatable bonds is 4. The van der Waals surface area contributed by atoms with Gasteiger partial charge in [0, 0.05) is 12.6 Å². The lowest BCUT2D eigenvalue weighted by atomic mass is 9.88. The third-order valence-electron chi connectivity index (χ3n) is 4.55. The Morgan fingerprint density at radius 3 is 2.58 bits per heavy atom. The Morgan fingerprint density at radius 2 is 1.95 bits per heavy atom. The van der Waals surface area contributed by atoms with Gasteiger partial charge in [-0.1, -0.05) is 12.8 Å². The summed E-state index contributed by atoms with van der Waals surface area (Å²) in [6.45, 7) is 2.50. The molecule has 108 valence electrons. The van der Waals surface area contributed by atoms with Crippen molar-refractivity contribution in [3.05, 3.63) is 0 Å². The Kier molecular flexibility index (Phi) is 4.45. The smallest absolute Gasteiger partial charge is 0.329 e. The van der Waals surface area contributed by atoms with Gasteiger partial charge in [0.15, 0.2) is 0 Å². The molecule has 0 bridgehead atoms. The van der Waals surface area contributed by atoms with E-state index in [0.717, 1.165) is 25.7 Å². The zero-order chi connectivity index (χ0) is 13.9. The Labute approximate surface area is 114 Å². The van der Waals surface area contributed by atoms with Gasteiger partial charge in [0.1, 0.15) is 5.54 Å². The Morgan fingerprint density at radius 1 is 1.26 bits per heavy atom. The molecule has 1 unspecified atom stereocenters. The van der Waals surface area contributed by atoms with Crippen LogP contribution in [-0.2, 0) is 9.59 Å². The minimum atomic E-state index is -1.02. The number of piperidine rings is 1. The van der Waals surface area contributed by atoms with Gasteiger partial charge in [0.2, 0.25) is 5.91 Å². The van der Waals surface area contributed by atoms with Gasteiger partial charge in [-0.25, -0.2) is 4.79 Å². The van der Waals surface area contributed by atoms with Crippen molar-refractivity contribution in [2.45, 2.75) is 63.5 Å². The van der Waals surface area contributed by atoms with Crippen LogP contribution in [0.15, 0.2) is 0 Å². The molecule has 1 amide bonds. The van der Waals surface area contributed by atoms with Crippen LogP contribution in [0.5, 0.6) is 0 Å². The summed E-state index contributed by atoms with van der Waals surface area (Å²) in [6, 6.07) is 0.435. The van der Waals surface area contributed by atoms with E-state index in [1.165, 1.54) is 12.8 Å². The quantitative estimate of drug-likeness (QED) is 0.808. The monoisotopic (exact) mass is 268 g/mol. The van der Waals surface area contributed by atoms with E-state index in [0.29, 0.717) is 19.0 Å². The number of amides is 1. The molecular formula is C14H24N2O3. The van der Waals surface area contributed by atoms with Gasteiger partial charge in [-0.15, -0.1) is 0 Å². The molecule has 0 spiro atoms. The molecule has 0 aromatic rings. The number of carbonyl (C=O) groups excluding carboxylic acids is 1. The van der Waals surface area contributed by atoms with Crippen LogP contribution in [0.2, 0.25) is 0 Å². The van der Waals surface area contributed by atoms with Crippen molar-refractivity contribution in [1.82, 2.24) is 10.2 Å². The van der Waals surface area contributed by atoms with E-state index in [4.69, 9.17) is 0 Å². The minimum Gasteiger partial charge on any atom is -0.480 e. The van der Waals surface area contributed by atoms with Crippen LogP contribution in [-0.4, -0.2) is 46.6 Å². The number of carbonyl (C=O) groups is 2. The van der Waals surface area contributed by atoms with Gasteiger partial charge in [0.25, 0.3) is 0 Å². The van der Waals surface area contributed by atoms with Crippen LogP contribution in [0.25, 0.3) is 0 Å². The zero-order valence-electron chi connectivity index (χ0n) is 11.7. The molecule has 1 saturated carbocycles. The molecule has 1 saturated heterocycles. The number of aliphatic carboxylic acids is 1. The molecule has 2 N–H and O–H groups in total. The van der Waals surface area contributed by atoms with Crippen LogP contribution >= 0.6 is 0 Å². The molecule has 0 aromatic carbocycles. The zero-order valence-corrected chi connectivity index (χ0v) is 11.7. The van der Waals surface area contributed by atoms with Gasteiger partial charge in [-0.05, 0) is 39.0 Å². The Bertz CT molecular complexity index is 353. The van der Waals surface area contributed by atoms with Crippen molar-refractivity contribution < 1.29 is 14.7 Å². The standard InChI is InChI=1S/C14H24N2O3/c1-14(13(18)19)8-4-5-9-16(14)12(17)10-15-11-6-2-3-7-11/h11,15H,2-10H2,1H3,(H,18,19). The number of nitrogens with zero attached hydrogens (tertiary/aromatic N) is 1. The summed E-state index contributed by atoms with van der Waals surface area (Å²) < 4.78 is 0. The first-order valence-corrected chi connectivity index (χ1v) is 7.31. The fourth-order valence-electron chi connectivity index (χ4n) is 3.20. The molecule has 1 atom stereocenters. The molecule has 2 aliphatic rings. The highest BCUT2D eigenvalue weighted by Gasteiger charge is 2.43. The molecule has 1 aliphatic heterocycles. The molecule has 5 nitrogen and oxygen atoms in total. The fraction of sp³-hybridized carbons (Fsp3) is 0.857. The number of nitrogens with one attached hydrogen (secondary N) is 1. The first-order valence-electron chi connectivity index (χ1n) is 7.31. The van der Waals surface area contributed by atoms with Gasteiger partial charge in [-0.2, -0.15) is 0 Å². The second-order valence-electron chi connectivity index (χ2n) is 5.94. The predicted octanol–water partition coefficient (Wildman–Crippen LogP) is 1.37. The van der Waals surface area contributed by atoms with Gasteiger partial charge in [0.05, 0.1) is 6.54 Å². The number of likely N-dealkylation sites (tertiary alicyclic amines) is 1. The summed E-state index contributed by atoms with van der Waals surface area (Å²) in [5.74, 6) is -0.960. The second-order valence-corrected chi connectivity index (χ2v) is 5.94. The number of carboxylic acids is 1. The number of carboxylic acid groups (broad SMARTS) is 1. The normalized spacial score (nSPS) is 28.6. The van der Waals surface area contributed by atoms with E-state index in [1.54, 1.807) is 11.8 Å². The van der Waals surface area contributed by atoms with E-state index in [9.17, 15) is 14.7 Å². The highest BCUT2D eigenvalue weighted by Crippen LogP contribution is 2.28. The molecule has 2 rings (SSSR count). The van der Waals surface area contributed by atoms with E-state index < -0.39 is 11.5 Å². The summed E-state index contributed by atoms with van der Waals surface area (Å²) in [4.78, 5) is 25.3. The maximum atomic E-state index is 12.3. The highest BCUT2D eigenvalue weighted by atomic mass is 16.4. The van der Waals surface area contributed by atoms with Crippen LogP contribution in [0.3, 0.4) is 0 Å². The molecular weight excluding hydrogens is 244 g/mol. The summed E-state index contributed by atoms with van der Waals surface area (Å²) >= 11 is 0. The van der Waals surface area contributed by atoms with Crippen molar-refractivity contribution in [3.8, 4) is 0 Å². The van der Waals surface area contributed by atoms with Crippen molar-refractivity contribution in [2.75, 3.05) is 13.1 Å². The lowest BCUT2D eigenvalue weighted by molar-refractivity contribution is -0.160. The van der Waals surface area contributed by atoms with E-state index in [-0.39, 0.29) is 12.5 Å². The second kappa shape index (κ2) is 5.90. The SMILES string of the molecule is CC1(C(=O)O)CCCCN1C(=O)CNC1CCCC1. The third-order valence-corrected chi connectivity index (χ3v) is 4.55. The van der Waals surface area contributed by atoms with Crippen molar-refractivity contribution in [1.29, 1.82) is 0 Å². The lowest BCUT2D eigenvalue weighted by Crippen LogP contribution is -2.59. The molecule has 0 radical (unpaired) electrons. The highest BCUT2D eigenvalue weighted by molar-refractivity contribution is 5.87. The van der Waals surface area contributed by atoms with Crippen LogP contribution in [0.1, 0.15) is 51.9 Å². The van der Waals surface area contributed by atoms with Gasteiger partial charge >= 0.3 is 5.97 Å². The third kappa shape index (κ3) is 3.08. The van der Waals surface area contributed by atoms with Crippen molar-refractivity contribution in [3.63, 3.8) is 0 Å². The van der Waals surface area contributed by atoms with E-state index in [2.05, 4.69) is 5.32 Å². The average molecular weight is 268 g/mol. The van der Waals surface area contributed by atoms with Crippen LogP contribution in [0, 0.1) is 0 Å². The molecule has 19 heavy (non-hydrogen) atoms. The maximum Gasteiger partial charge on any atom is 0.329 e. The van der Waals surface area contributed by atoms with Crippen LogP contribution in [0.4, 0.5) is 0 Å². The molecule has 1 aliphatic carbocycles.